The minimum absolute atomic E-state index is 0.553. The molecule has 0 heterocycles. The second kappa shape index (κ2) is 7.24. The van der Waals surface area contributed by atoms with Gasteiger partial charge in [0.05, 0.1) is 0 Å². The molecule has 0 aliphatic heterocycles. The van der Waals surface area contributed by atoms with E-state index in [0.717, 1.165) is 19.4 Å². The van der Waals surface area contributed by atoms with Crippen LogP contribution >= 0.6 is 0 Å². The number of rotatable bonds is 7. The molecular formula is C14H21N. The van der Waals surface area contributed by atoms with E-state index in [-0.39, 0.29) is 0 Å². The molecule has 0 saturated heterocycles. The van der Waals surface area contributed by atoms with Crippen molar-refractivity contribution < 1.29 is 0 Å². The third-order valence-corrected chi connectivity index (χ3v) is 2.46. The summed E-state index contributed by atoms with van der Waals surface area (Å²) >= 11 is 0. The molecule has 1 atom stereocenters. The normalized spacial score (nSPS) is 12.3. The van der Waals surface area contributed by atoms with Crippen molar-refractivity contribution in [2.24, 2.45) is 0 Å². The van der Waals surface area contributed by atoms with Crippen LogP contribution < -0.4 is 5.32 Å². The van der Waals surface area contributed by atoms with Gasteiger partial charge in [-0.3, -0.25) is 0 Å². The summed E-state index contributed by atoms with van der Waals surface area (Å²) in [4.78, 5) is 0. The molecule has 1 aromatic rings. The summed E-state index contributed by atoms with van der Waals surface area (Å²) in [6.07, 6.45) is 5.37. The van der Waals surface area contributed by atoms with Gasteiger partial charge in [0.15, 0.2) is 0 Å². The van der Waals surface area contributed by atoms with E-state index in [2.05, 4.69) is 49.2 Å². The molecule has 0 aromatic heterocycles. The molecule has 0 aliphatic carbocycles. The highest BCUT2D eigenvalue weighted by molar-refractivity contribution is 5.15. The fraction of sp³-hybridized carbons (Fsp3) is 0.429. The van der Waals surface area contributed by atoms with Gasteiger partial charge >= 0.3 is 0 Å². The molecule has 0 saturated carbocycles. The number of unbranched alkanes of at least 4 members (excludes halogenated alkanes) is 1. The summed E-state index contributed by atoms with van der Waals surface area (Å²) in [7, 11) is 0. The van der Waals surface area contributed by atoms with Crippen molar-refractivity contribution in [3.05, 3.63) is 48.6 Å². The number of hydrogen-bond donors (Lipinski definition) is 1. The lowest BCUT2D eigenvalue weighted by Crippen LogP contribution is -2.28. The second-order valence-corrected chi connectivity index (χ2v) is 3.98. The molecule has 1 N–H and O–H groups in total. The minimum atomic E-state index is 0.553. The summed E-state index contributed by atoms with van der Waals surface area (Å²) in [5.74, 6) is 0. The van der Waals surface area contributed by atoms with Crippen LogP contribution in [0.5, 0.6) is 0 Å². The van der Waals surface area contributed by atoms with Crippen LogP contribution in [-0.2, 0) is 6.42 Å². The van der Waals surface area contributed by atoms with E-state index < -0.39 is 0 Å². The number of nitrogens with one attached hydrogen (secondary N) is 1. The van der Waals surface area contributed by atoms with E-state index in [1.807, 2.05) is 6.08 Å². The maximum absolute atomic E-state index is 3.72. The molecule has 0 amide bonds. The third kappa shape index (κ3) is 5.38. The molecule has 1 nitrogen and oxygen atoms in total. The van der Waals surface area contributed by atoms with Crippen LogP contribution in [0.25, 0.3) is 0 Å². The van der Waals surface area contributed by atoms with Crippen LogP contribution in [0.4, 0.5) is 0 Å². The quantitative estimate of drug-likeness (QED) is 0.530. The topological polar surface area (TPSA) is 12.0 Å². The highest BCUT2D eigenvalue weighted by Gasteiger charge is 2.01. The molecule has 1 rings (SSSR count). The lowest BCUT2D eigenvalue weighted by atomic mass is 10.1. The largest absolute Gasteiger partial charge is 0.314 e. The van der Waals surface area contributed by atoms with Gasteiger partial charge in [0.1, 0.15) is 0 Å². The van der Waals surface area contributed by atoms with Crippen LogP contribution in [0.2, 0.25) is 0 Å². The minimum Gasteiger partial charge on any atom is -0.314 e. The van der Waals surface area contributed by atoms with Crippen LogP contribution in [0.1, 0.15) is 25.3 Å². The van der Waals surface area contributed by atoms with Gasteiger partial charge < -0.3 is 5.32 Å². The number of benzene rings is 1. The Hall–Kier alpha value is -1.08. The Kier molecular flexibility index (Phi) is 5.79. The molecule has 15 heavy (non-hydrogen) atoms. The van der Waals surface area contributed by atoms with Crippen molar-refractivity contribution in [1.29, 1.82) is 0 Å². The fourth-order valence-electron chi connectivity index (χ4n) is 1.63. The van der Waals surface area contributed by atoms with E-state index >= 15 is 0 Å². The first-order valence-corrected chi connectivity index (χ1v) is 5.71. The standard InChI is InChI=1S/C14H21N/c1-3-4-8-11-15-13(2)12-14-9-6-5-7-10-14/h3,5-7,9-10,13,15H,1,4,8,11-12H2,2H3. The summed E-state index contributed by atoms with van der Waals surface area (Å²) in [5.41, 5.74) is 1.40. The van der Waals surface area contributed by atoms with Gasteiger partial charge in [-0.25, -0.2) is 0 Å². The lowest BCUT2D eigenvalue weighted by molar-refractivity contribution is 0.536. The van der Waals surface area contributed by atoms with Gasteiger partial charge in [-0.2, -0.15) is 0 Å². The second-order valence-electron chi connectivity index (χ2n) is 3.98. The Bertz CT molecular complexity index is 266. The van der Waals surface area contributed by atoms with Crippen LogP contribution in [0.3, 0.4) is 0 Å². The first kappa shape index (κ1) is 12.0. The van der Waals surface area contributed by atoms with Crippen molar-refractivity contribution >= 4 is 0 Å². The smallest absolute Gasteiger partial charge is 0.00791 e. The Morgan fingerprint density at radius 1 is 1.33 bits per heavy atom. The zero-order valence-electron chi connectivity index (χ0n) is 9.58. The Morgan fingerprint density at radius 2 is 2.07 bits per heavy atom. The predicted octanol–water partition coefficient (Wildman–Crippen LogP) is 3.17. The molecule has 0 fully saturated rings. The molecule has 1 unspecified atom stereocenters. The average molecular weight is 203 g/mol. The number of hydrogen-bond acceptors (Lipinski definition) is 1. The Balaban J connectivity index is 2.18. The monoisotopic (exact) mass is 203 g/mol. The molecule has 0 bridgehead atoms. The van der Waals surface area contributed by atoms with E-state index in [1.54, 1.807) is 0 Å². The average Bonchev–Trinajstić information content (AvgIpc) is 2.26. The summed E-state index contributed by atoms with van der Waals surface area (Å²) < 4.78 is 0. The van der Waals surface area contributed by atoms with Crippen molar-refractivity contribution in [2.45, 2.75) is 32.2 Å². The SMILES string of the molecule is C=CCCCNC(C)Cc1ccccc1. The highest BCUT2D eigenvalue weighted by atomic mass is 14.9. The van der Waals surface area contributed by atoms with Gasteiger partial charge in [-0.05, 0) is 38.3 Å². The molecule has 0 spiro atoms. The van der Waals surface area contributed by atoms with Gasteiger partial charge in [0.2, 0.25) is 0 Å². The van der Waals surface area contributed by atoms with Crippen molar-refractivity contribution in [3.8, 4) is 0 Å². The Labute approximate surface area is 93.2 Å². The first-order valence-electron chi connectivity index (χ1n) is 5.71. The fourth-order valence-corrected chi connectivity index (χ4v) is 1.63. The highest BCUT2D eigenvalue weighted by Crippen LogP contribution is 2.02. The third-order valence-electron chi connectivity index (χ3n) is 2.46. The predicted molar refractivity (Wildman–Crippen MR) is 67.0 cm³/mol. The molecule has 1 aromatic carbocycles. The molecule has 0 aliphatic rings. The molecular weight excluding hydrogens is 182 g/mol. The van der Waals surface area contributed by atoms with Gasteiger partial charge in [-0.1, -0.05) is 36.4 Å². The van der Waals surface area contributed by atoms with Crippen molar-refractivity contribution in [2.75, 3.05) is 6.54 Å². The van der Waals surface area contributed by atoms with Gasteiger partial charge in [-0.15, -0.1) is 6.58 Å². The van der Waals surface area contributed by atoms with Crippen molar-refractivity contribution in [1.82, 2.24) is 5.32 Å². The zero-order chi connectivity index (χ0) is 10.9. The molecule has 0 radical (unpaired) electrons. The van der Waals surface area contributed by atoms with Crippen LogP contribution in [0, 0.1) is 0 Å². The summed E-state index contributed by atoms with van der Waals surface area (Å²) in [6, 6.07) is 11.2. The lowest BCUT2D eigenvalue weighted by Gasteiger charge is -2.13. The summed E-state index contributed by atoms with van der Waals surface area (Å²) in [5, 5.41) is 3.52. The number of allylic oxidation sites excluding steroid dienone is 1. The van der Waals surface area contributed by atoms with Crippen LogP contribution in [-0.4, -0.2) is 12.6 Å². The van der Waals surface area contributed by atoms with E-state index in [4.69, 9.17) is 0 Å². The van der Waals surface area contributed by atoms with Gasteiger partial charge in [0, 0.05) is 6.04 Å². The Morgan fingerprint density at radius 3 is 2.73 bits per heavy atom. The molecule has 82 valence electrons. The van der Waals surface area contributed by atoms with Crippen molar-refractivity contribution in [3.63, 3.8) is 0 Å². The van der Waals surface area contributed by atoms with E-state index in [0.29, 0.717) is 6.04 Å². The van der Waals surface area contributed by atoms with Crippen LogP contribution in [0.15, 0.2) is 43.0 Å². The van der Waals surface area contributed by atoms with Gasteiger partial charge in [0.25, 0.3) is 0 Å². The van der Waals surface area contributed by atoms with E-state index in [1.165, 1.54) is 12.0 Å². The zero-order valence-corrected chi connectivity index (χ0v) is 9.58. The first-order chi connectivity index (χ1) is 7.33. The van der Waals surface area contributed by atoms with E-state index in [9.17, 15) is 0 Å². The maximum Gasteiger partial charge on any atom is 0.00791 e. The maximum atomic E-state index is 3.72. The molecule has 1 heteroatoms. The summed E-state index contributed by atoms with van der Waals surface area (Å²) in [6.45, 7) is 7.04.